The number of rotatable bonds is 7. The van der Waals surface area contributed by atoms with Gasteiger partial charge in [-0.05, 0) is 30.7 Å². The quantitative estimate of drug-likeness (QED) is 0.340. The lowest BCUT2D eigenvalue weighted by Crippen LogP contribution is -2.41. The fraction of sp³-hybridized carbons (Fsp3) is 0.261. The molecule has 192 valence electrons. The molecule has 0 bridgehead atoms. The smallest absolute Gasteiger partial charge is 0.431 e. The van der Waals surface area contributed by atoms with E-state index in [1.807, 2.05) is 0 Å². The Morgan fingerprint density at radius 2 is 1.75 bits per heavy atom. The van der Waals surface area contributed by atoms with Gasteiger partial charge in [-0.2, -0.15) is 13.2 Å². The van der Waals surface area contributed by atoms with Gasteiger partial charge in [-0.3, -0.25) is 9.36 Å². The second kappa shape index (κ2) is 10.4. The Kier molecular flexibility index (Phi) is 7.77. The molecule has 0 fully saturated rings. The van der Waals surface area contributed by atoms with Crippen LogP contribution in [0.25, 0.3) is 5.69 Å². The normalized spacial score (nSPS) is 12.2. The molecule has 0 aliphatic heterocycles. The van der Waals surface area contributed by atoms with Crippen LogP contribution in [0.4, 0.5) is 17.6 Å². The summed E-state index contributed by atoms with van der Waals surface area (Å²) in [6.45, 7) is 1.43. The van der Waals surface area contributed by atoms with Crippen LogP contribution in [0.3, 0.4) is 0 Å². The minimum Gasteiger partial charge on any atom is -0.487 e. The first-order chi connectivity index (χ1) is 16.8. The average molecular weight is 531 g/mol. The third kappa shape index (κ3) is 5.70. The molecule has 8 nitrogen and oxygen atoms in total. The molecular weight excluding hydrogens is 512 g/mol. The Bertz CT molecular complexity index is 1400. The van der Waals surface area contributed by atoms with E-state index >= 15 is 0 Å². The van der Waals surface area contributed by atoms with E-state index in [1.54, 1.807) is 24.3 Å². The molecule has 0 N–H and O–H groups in total. The standard InChI is InChI=1S/C23H19ClF4N2O6/c1-12(21(32)34-3)36-14-6-4-13(5-7-14)11-35-18-9-17(16(25)8-15(18)24)30-20(31)10-19(23(26,27)28)29(2)22(30)33/h4-10,12H,11H2,1-3H3. The molecule has 1 aromatic heterocycles. The van der Waals surface area contributed by atoms with Crippen molar-refractivity contribution in [3.8, 4) is 17.2 Å². The maximum Gasteiger partial charge on any atom is 0.431 e. The molecule has 13 heteroatoms. The van der Waals surface area contributed by atoms with Crippen LogP contribution >= 0.6 is 11.6 Å². The van der Waals surface area contributed by atoms with Crippen molar-refractivity contribution >= 4 is 17.6 Å². The number of halogens is 5. The van der Waals surface area contributed by atoms with Gasteiger partial charge in [0.05, 0.1) is 17.8 Å². The van der Waals surface area contributed by atoms with E-state index in [9.17, 15) is 31.9 Å². The highest BCUT2D eigenvalue weighted by molar-refractivity contribution is 6.32. The number of nitrogens with zero attached hydrogens (tertiary/aromatic N) is 2. The Morgan fingerprint density at radius 3 is 2.33 bits per heavy atom. The minimum atomic E-state index is -4.96. The van der Waals surface area contributed by atoms with Crippen LogP contribution in [0.2, 0.25) is 5.02 Å². The van der Waals surface area contributed by atoms with Gasteiger partial charge in [-0.15, -0.1) is 0 Å². The van der Waals surface area contributed by atoms with Crippen molar-refractivity contribution in [2.24, 2.45) is 7.05 Å². The van der Waals surface area contributed by atoms with Crippen LogP contribution in [0.5, 0.6) is 11.5 Å². The fourth-order valence-electron chi connectivity index (χ4n) is 3.16. The first-order valence-electron chi connectivity index (χ1n) is 10.2. The Hall–Kier alpha value is -3.80. The van der Waals surface area contributed by atoms with Crippen molar-refractivity contribution in [2.75, 3.05) is 7.11 Å². The van der Waals surface area contributed by atoms with Gasteiger partial charge in [0, 0.05) is 19.2 Å². The lowest BCUT2D eigenvalue weighted by atomic mass is 10.2. The van der Waals surface area contributed by atoms with E-state index < -0.39 is 46.7 Å². The van der Waals surface area contributed by atoms with Crippen LogP contribution in [-0.2, 0) is 29.4 Å². The number of carbonyl (C=O) groups excluding carboxylic acids is 1. The summed E-state index contributed by atoms with van der Waals surface area (Å²) in [5.74, 6) is -1.41. The molecule has 36 heavy (non-hydrogen) atoms. The molecule has 3 aromatic rings. The second-order valence-corrected chi connectivity index (χ2v) is 7.90. The SMILES string of the molecule is COC(=O)C(C)Oc1ccc(COc2cc(-n3c(=O)cc(C(F)(F)F)n(C)c3=O)c(F)cc2Cl)cc1. The maximum atomic E-state index is 14.6. The van der Waals surface area contributed by atoms with Crippen LogP contribution in [0.1, 0.15) is 18.2 Å². The summed E-state index contributed by atoms with van der Waals surface area (Å²) in [5.41, 5.74) is -4.28. The molecule has 0 saturated heterocycles. The number of ether oxygens (including phenoxy) is 3. The van der Waals surface area contributed by atoms with E-state index in [4.69, 9.17) is 21.1 Å². The monoisotopic (exact) mass is 530 g/mol. The summed E-state index contributed by atoms with van der Waals surface area (Å²) >= 11 is 6.03. The number of methoxy groups -OCH3 is 1. The van der Waals surface area contributed by atoms with Gasteiger partial charge in [-0.25, -0.2) is 18.5 Å². The lowest BCUT2D eigenvalue weighted by Gasteiger charge is -2.16. The lowest BCUT2D eigenvalue weighted by molar-refractivity contribution is -0.148. The van der Waals surface area contributed by atoms with Gasteiger partial charge >= 0.3 is 17.8 Å². The number of aromatic nitrogens is 2. The molecule has 0 aliphatic rings. The van der Waals surface area contributed by atoms with Crippen molar-refractivity contribution in [3.63, 3.8) is 0 Å². The number of esters is 1. The predicted octanol–water partition coefficient (Wildman–Crippen LogP) is 3.87. The highest BCUT2D eigenvalue weighted by Gasteiger charge is 2.35. The molecule has 0 spiro atoms. The molecule has 1 atom stereocenters. The van der Waals surface area contributed by atoms with Crippen LogP contribution in [0.15, 0.2) is 52.1 Å². The minimum absolute atomic E-state index is 0.0858. The van der Waals surface area contributed by atoms with Gasteiger partial charge in [0.25, 0.3) is 5.56 Å². The molecule has 0 saturated carbocycles. The van der Waals surface area contributed by atoms with Crippen molar-refractivity contribution in [1.82, 2.24) is 9.13 Å². The average Bonchev–Trinajstić information content (AvgIpc) is 2.81. The van der Waals surface area contributed by atoms with Gasteiger partial charge in [-0.1, -0.05) is 23.7 Å². The highest BCUT2D eigenvalue weighted by Crippen LogP contribution is 2.31. The van der Waals surface area contributed by atoms with Crippen LogP contribution in [-0.4, -0.2) is 28.3 Å². The number of benzene rings is 2. The van der Waals surface area contributed by atoms with Gasteiger partial charge < -0.3 is 14.2 Å². The Labute approximate surface area is 206 Å². The number of alkyl halides is 3. The zero-order valence-electron chi connectivity index (χ0n) is 19.1. The number of hydrogen-bond donors (Lipinski definition) is 0. The predicted molar refractivity (Wildman–Crippen MR) is 120 cm³/mol. The zero-order chi connectivity index (χ0) is 26.8. The summed E-state index contributed by atoms with van der Waals surface area (Å²) in [6.07, 6.45) is -5.79. The zero-order valence-corrected chi connectivity index (χ0v) is 19.8. The van der Waals surface area contributed by atoms with E-state index in [1.165, 1.54) is 14.0 Å². The van der Waals surface area contributed by atoms with Crippen molar-refractivity contribution in [2.45, 2.75) is 25.8 Å². The summed E-state index contributed by atoms with van der Waals surface area (Å²) < 4.78 is 69.9. The summed E-state index contributed by atoms with van der Waals surface area (Å²) in [6, 6.07) is 8.30. The molecular formula is C23H19ClF4N2O6. The fourth-order valence-corrected chi connectivity index (χ4v) is 3.37. The highest BCUT2D eigenvalue weighted by atomic mass is 35.5. The molecule has 1 unspecified atom stereocenters. The maximum absolute atomic E-state index is 14.6. The number of carbonyl (C=O) groups is 1. The molecule has 3 rings (SSSR count). The summed E-state index contributed by atoms with van der Waals surface area (Å²) in [5, 5.41) is -0.195. The molecule has 0 aliphatic carbocycles. The molecule has 0 radical (unpaired) electrons. The topological polar surface area (TPSA) is 88.8 Å². The van der Waals surface area contributed by atoms with E-state index in [2.05, 4.69) is 4.74 Å². The van der Waals surface area contributed by atoms with E-state index in [-0.39, 0.29) is 32.6 Å². The Balaban J connectivity index is 1.87. The number of hydrogen-bond acceptors (Lipinski definition) is 6. The molecule has 0 amide bonds. The third-order valence-corrected chi connectivity index (χ3v) is 5.31. The van der Waals surface area contributed by atoms with Gasteiger partial charge in [0.2, 0.25) is 0 Å². The second-order valence-electron chi connectivity index (χ2n) is 7.49. The largest absolute Gasteiger partial charge is 0.487 e. The van der Waals surface area contributed by atoms with Crippen molar-refractivity contribution in [3.05, 3.63) is 85.4 Å². The third-order valence-electron chi connectivity index (χ3n) is 5.02. The van der Waals surface area contributed by atoms with Crippen molar-refractivity contribution in [1.29, 1.82) is 0 Å². The van der Waals surface area contributed by atoms with Gasteiger partial charge in [0.1, 0.15) is 29.6 Å². The first-order valence-corrected chi connectivity index (χ1v) is 10.6. The van der Waals surface area contributed by atoms with Gasteiger partial charge in [0.15, 0.2) is 6.10 Å². The first kappa shape index (κ1) is 26.8. The van der Waals surface area contributed by atoms with E-state index in [0.29, 0.717) is 11.3 Å². The van der Waals surface area contributed by atoms with Crippen molar-refractivity contribution < 1.29 is 36.6 Å². The molecule has 2 aromatic carbocycles. The van der Waals surface area contributed by atoms with Crippen LogP contribution in [0, 0.1) is 5.82 Å². The summed E-state index contributed by atoms with van der Waals surface area (Å²) in [7, 11) is 2.05. The Morgan fingerprint density at radius 1 is 1.11 bits per heavy atom. The summed E-state index contributed by atoms with van der Waals surface area (Å²) in [4.78, 5) is 36.3. The molecule has 1 heterocycles. The van der Waals surface area contributed by atoms with E-state index in [0.717, 1.165) is 19.2 Å². The van der Waals surface area contributed by atoms with Crippen LogP contribution < -0.4 is 20.7 Å².